The van der Waals surface area contributed by atoms with Crippen LogP contribution in [0.4, 0.5) is 0 Å². The van der Waals surface area contributed by atoms with Crippen LogP contribution in [-0.2, 0) is 9.84 Å². The first kappa shape index (κ1) is 15.4. The summed E-state index contributed by atoms with van der Waals surface area (Å²) in [6.07, 6.45) is 0. The molecule has 0 bridgehead atoms. The van der Waals surface area contributed by atoms with Crippen molar-refractivity contribution in [2.24, 2.45) is 0 Å². The molecule has 2 rings (SSSR count). The summed E-state index contributed by atoms with van der Waals surface area (Å²) >= 11 is 6.24. The number of Topliss-reactive ketones (excluding diaryl/α,β-unsaturated/α-hetero) is 1. The van der Waals surface area contributed by atoms with Crippen molar-refractivity contribution in [3.05, 3.63) is 60.2 Å². The van der Waals surface area contributed by atoms with Gasteiger partial charge >= 0.3 is 0 Å². The second kappa shape index (κ2) is 6.20. The molecule has 20 heavy (non-hydrogen) atoms. The number of hydrogen-bond donors (Lipinski definition) is 0. The van der Waals surface area contributed by atoms with Crippen molar-refractivity contribution < 1.29 is 13.2 Å². The number of carbonyl (C=O) groups is 1. The lowest BCUT2D eigenvalue weighted by Gasteiger charge is -2.06. The Morgan fingerprint density at radius 2 is 1.35 bits per heavy atom. The molecule has 0 aromatic heterocycles. The van der Waals surface area contributed by atoms with Gasteiger partial charge in [0.2, 0.25) is 9.84 Å². The SMILES string of the molecule is O=C(c1ccc(S(=O)(=O)c2ccccc2)cc1)C(Br)Br. The van der Waals surface area contributed by atoms with Gasteiger partial charge in [-0.2, -0.15) is 0 Å². The van der Waals surface area contributed by atoms with E-state index < -0.39 is 13.6 Å². The number of benzene rings is 2. The predicted octanol–water partition coefficient (Wildman–Crippen LogP) is 3.82. The summed E-state index contributed by atoms with van der Waals surface area (Å²) < 4.78 is 24.2. The van der Waals surface area contributed by atoms with Gasteiger partial charge in [0.25, 0.3) is 0 Å². The maximum Gasteiger partial charge on any atom is 0.206 e. The molecule has 0 spiro atoms. The third-order valence-corrected chi connectivity index (χ3v) is 5.32. The molecular weight excluding hydrogens is 408 g/mol. The molecule has 0 unspecified atom stereocenters. The van der Waals surface area contributed by atoms with Crippen LogP contribution in [0.1, 0.15) is 10.4 Å². The number of ketones is 1. The summed E-state index contributed by atoms with van der Waals surface area (Å²) in [5.41, 5.74) is 0.441. The van der Waals surface area contributed by atoms with Gasteiger partial charge in [-0.05, 0) is 24.3 Å². The zero-order chi connectivity index (χ0) is 14.8. The Hall–Kier alpha value is -0.980. The van der Waals surface area contributed by atoms with Gasteiger partial charge in [0.1, 0.15) is 3.74 Å². The molecule has 0 aliphatic heterocycles. The van der Waals surface area contributed by atoms with Crippen LogP contribution >= 0.6 is 31.9 Å². The molecule has 104 valence electrons. The van der Waals surface area contributed by atoms with Gasteiger partial charge in [0.05, 0.1) is 9.79 Å². The molecule has 0 aliphatic rings. The minimum atomic E-state index is -3.54. The summed E-state index contributed by atoms with van der Waals surface area (Å²) in [4.78, 5) is 12.1. The third kappa shape index (κ3) is 3.19. The zero-order valence-corrected chi connectivity index (χ0v) is 14.2. The lowest BCUT2D eigenvalue weighted by Crippen LogP contribution is -2.08. The first-order valence-corrected chi connectivity index (χ1v) is 8.97. The molecule has 0 saturated heterocycles. The highest BCUT2D eigenvalue weighted by Gasteiger charge is 2.19. The van der Waals surface area contributed by atoms with Crippen LogP contribution in [0.5, 0.6) is 0 Å². The molecule has 2 aromatic rings. The molecule has 3 nitrogen and oxygen atoms in total. The maximum absolute atomic E-state index is 12.3. The van der Waals surface area contributed by atoms with E-state index in [2.05, 4.69) is 31.9 Å². The minimum Gasteiger partial charge on any atom is -0.292 e. The fourth-order valence-electron chi connectivity index (χ4n) is 1.66. The summed E-state index contributed by atoms with van der Waals surface area (Å²) in [6.45, 7) is 0. The molecule has 0 N–H and O–H groups in total. The van der Waals surface area contributed by atoms with Gasteiger partial charge in [-0.25, -0.2) is 8.42 Å². The number of hydrogen-bond acceptors (Lipinski definition) is 3. The lowest BCUT2D eigenvalue weighted by atomic mass is 10.2. The summed E-state index contributed by atoms with van der Waals surface area (Å²) in [6, 6.07) is 14.1. The molecule has 0 radical (unpaired) electrons. The van der Waals surface area contributed by atoms with Gasteiger partial charge in [-0.1, -0.05) is 62.2 Å². The fraction of sp³-hybridized carbons (Fsp3) is 0.0714. The van der Waals surface area contributed by atoms with Crippen LogP contribution in [0.3, 0.4) is 0 Å². The van der Waals surface area contributed by atoms with Gasteiger partial charge in [0.15, 0.2) is 5.78 Å². The number of carbonyl (C=O) groups excluding carboxylic acids is 1. The number of halogens is 2. The molecule has 0 saturated carbocycles. The Balaban J connectivity index is 2.38. The summed E-state index contributed by atoms with van der Waals surface area (Å²) in [5, 5.41) is 0. The van der Waals surface area contributed by atoms with Crippen molar-refractivity contribution in [2.45, 2.75) is 13.5 Å². The number of sulfone groups is 1. The second-order valence-electron chi connectivity index (χ2n) is 4.01. The smallest absolute Gasteiger partial charge is 0.206 e. The molecule has 0 fully saturated rings. The van der Waals surface area contributed by atoms with Gasteiger partial charge in [-0.3, -0.25) is 4.79 Å². The van der Waals surface area contributed by atoms with E-state index in [1.54, 1.807) is 30.3 Å². The molecule has 0 heterocycles. The van der Waals surface area contributed by atoms with Crippen LogP contribution in [0.15, 0.2) is 64.4 Å². The summed E-state index contributed by atoms with van der Waals surface area (Å²) in [5.74, 6) is -0.159. The average molecular weight is 418 g/mol. The molecule has 0 amide bonds. The van der Waals surface area contributed by atoms with E-state index in [0.717, 1.165) is 0 Å². The summed E-state index contributed by atoms with van der Waals surface area (Å²) in [7, 11) is -3.54. The molecule has 0 aliphatic carbocycles. The second-order valence-corrected chi connectivity index (χ2v) is 9.02. The highest BCUT2D eigenvalue weighted by molar-refractivity contribution is 9.25. The van der Waals surface area contributed by atoms with Crippen molar-refractivity contribution in [3.63, 3.8) is 0 Å². The lowest BCUT2D eigenvalue weighted by molar-refractivity contribution is 0.101. The Morgan fingerprint density at radius 1 is 0.850 bits per heavy atom. The topological polar surface area (TPSA) is 51.2 Å². The first-order valence-electron chi connectivity index (χ1n) is 5.65. The van der Waals surface area contributed by atoms with E-state index in [4.69, 9.17) is 0 Å². The van der Waals surface area contributed by atoms with E-state index >= 15 is 0 Å². The maximum atomic E-state index is 12.3. The molecule has 0 atom stereocenters. The van der Waals surface area contributed by atoms with Crippen LogP contribution in [0, 0.1) is 0 Å². The van der Waals surface area contributed by atoms with Crippen molar-refractivity contribution in [1.29, 1.82) is 0 Å². The Morgan fingerprint density at radius 3 is 1.85 bits per heavy atom. The highest BCUT2D eigenvalue weighted by atomic mass is 79.9. The highest BCUT2D eigenvalue weighted by Crippen LogP contribution is 2.22. The third-order valence-electron chi connectivity index (χ3n) is 2.70. The van der Waals surface area contributed by atoms with Crippen molar-refractivity contribution in [1.82, 2.24) is 0 Å². The van der Waals surface area contributed by atoms with E-state index in [1.807, 2.05) is 0 Å². The quantitative estimate of drug-likeness (QED) is 0.561. The van der Waals surface area contributed by atoms with Crippen LogP contribution in [0.2, 0.25) is 0 Å². The Labute approximate surface area is 134 Å². The largest absolute Gasteiger partial charge is 0.292 e. The van der Waals surface area contributed by atoms with Gasteiger partial charge in [-0.15, -0.1) is 0 Å². The monoisotopic (exact) mass is 416 g/mol. The molecule has 6 heteroatoms. The Kier molecular flexibility index (Phi) is 4.78. The van der Waals surface area contributed by atoms with Crippen molar-refractivity contribution in [2.75, 3.05) is 0 Å². The predicted molar refractivity (Wildman–Crippen MR) is 84.3 cm³/mol. The van der Waals surface area contributed by atoms with Gasteiger partial charge in [0, 0.05) is 5.56 Å². The van der Waals surface area contributed by atoms with Crippen molar-refractivity contribution >= 4 is 47.5 Å². The Bertz CT molecular complexity index is 708. The van der Waals surface area contributed by atoms with Crippen LogP contribution in [-0.4, -0.2) is 17.9 Å². The van der Waals surface area contributed by atoms with Crippen LogP contribution < -0.4 is 0 Å². The number of alkyl halides is 2. The van der Waals surface area contributed by atoms with E-state index in [1.165, 1.54) is 24.3 Å². The standard InChI is InChI=1S/C14H10Br2O3S/c15-14(16)13(17)10-6-8-12(9-7-10)20(18,19)11-4-2-1-3-5-11/h1-9,14H. The first-order chi connectivity index (χ1) is 9.43. The van der Waals surface area contributed by atoms with Crippen LogP contribution in [0.25, 0.3) is 0 Å². The number of rotatable bonds is 4. The zero-order valence-electron chi connectivity index (χ0n) is 10.2. The van der Waals surface area contributed by atoms with Crippen molar-refractivity contribution in [3.8, 4) is 0 Å². The minimum absolute atomic E-state index is 0.159. The normalized spacial score (nSPS) is 11.6. The van der Waals surface area contributed by atoms with E-state index in [0.29, 0.717) is 5.56 Å². The fourth-order valence-corrected chi connectivity index (χ4v) is 3.47. The van der Waals surface area contributed by atoms with E-state index in [-0.39, 0.29) is 15.6 Å². The van der Waals surface area contributed by atoms with E-state index in [9.17, 15) is 13.2 Å². The van der Waals surface area contributed by atoms with Gasteiger partial charge < -0.3 is 0 Å². The molecule has 2 aromatic carbocycles. The average Bonchev–Trinajstić information content (AvgIpc) is 2.47. The molecular formula is C14H10Br2O3S.